The Morgan fingerprint density at radius 2 is 1.33 bits per heavy atom. The molecule has 0 amide bonds. The molecule has 0 aromatic heterocycles. The average Bonchev–Trinajstić information content (AvgIpc) is 2.47. The van der Waals surface area contributed by atoms with Gasteiger partial charge in [-0.1, -0.05) is 6.07 Å². The Morgan fingerprint density at radius 1 is 0.810 bits per heavy atom. The number of rotatable bonds is 2. The summed E-state index contributed by atoms with van der Waals surface area (Å²) in [6, 6.07) is 3.80. The average molecular weight is 306 g/mol. The number of ether oxygens (including phenoxy) is 1. The highest BCUT2D eigenvalue weighted by atomic mass is 19.2. The first kappa shape index (κ1) is 14.9. The van der Waals surface area contributed by atoms with E-state index in [1.165, 1.54) is 0 Å². The van der Waals surface area contributed by atoms with Gasteiger partial charge in [0.2, 0.25) is 34.8 Å². The lowest BCUT2D eigenvalue weighted by atomic mass is 10.2. The molecule has 21 heavy (non-hydrogen) atoms. The zero-order valence-electron chi connectivity index (χ0n) is 9.89. The number of carbonyl (C=O) groups excluding carboxylic acids is 1. The molecule has 0 heterocycles. The summed E-state index contributed by atoms with van der Waals surface area (Å²) in [6.07, 6.45) is 0. The second-order valence-corrected chi connectivity index (χ2v) is 3.80. The van der Waals surface area contributed by atoms with Gasteiger partial charge in [0.05, 0.1) is 5.56 Å². The molecule has 8 heteroatoms. The molecule has 0 bridgehead atoms. The van der Waals surface area contributed by atoms with Crippen molar-refractivity contribution in [3.8, 4) is 5.75 Å². The molecule has 0 spiro atoms. The maximum atomic E-state index is 13.3. The second-order valence-electron chi connectivity index (χ2n) is 3.80. The molecule has 0 aliphatic heterocycles. The molecule has 2 aromatic rings. The van der Waals surface area contributed by atoms with Crippen molar-refractivity contribution in [3.63, 3.8) is 0 Å². The molecule has 110 valence electrons. The molecular weight excluding hydrogens is 302 g/mol. The molecule has 0 saturated heterocycles. The van der Waals surface area contributed by atoms with Crippen molar-refractivity contribution in [3.05, 3.63) is 64.7 Å². The lowest BCUT2D eigenvalue weighted by Gasteiger charge is -2.08. The summed E-state index contributed by atoms with van der Waals surface area (Å²) in [7, 11) is 0. The number of hydrogen-bond acceptors (Lipinski definition) is 2. The van der Waals surface area contributed by atoms with Gasteiger partial charge in [-0.15, -0.1) is 0 Å². The van der Waals surface area contributed by atoms with E-state index >= 15 is 0 Å². The summed E-state index contributed by atoms with van der Waals surface area (Å²) in [5, 5.41) is 0. The Balaban J connectivity index is 2.43. The second kappa shape index (κ2) is 5.47. The quantitative estimate of drug-likeness (QED) is 0.278. The molecule has 0 unspecified atom stereocenters. The number of hydrogen-bond donors (Lipinski definition) is 0. The summed E-state index contributed by atoms with van der Waals surface area (Å²) < 4.78 is 82.2. The summed E-state index contributed by atoms with van der Waals surface area (Å²) in [5.41, 5.74) is -0.459. The SMILES string of the molecule is O=C(Oc1c(F)c(F)c(F)c(F)c1F)c1cccc(F)c1. The van der Waals surface area contributed by atoms with Crippen LogP contribution in [-0.4, -0.2) is 5.97 Å². The van der Waals surface area contributed by atoms with Crippen LogP contribution in [0.5, 0.6) is 5.75 Å². The topological polar surface area (TPSA) is 26.3 Å². The maximum absolute atomic E-state index is 13.3. The minimum absolute atomic E-state index is 0.459. The van der Waals surface area contributed by atoms with Gasteiger partial charge in [-0.25, -0.2) is 22.4 Å². The van der Waals surface area contributed by atoms with Gasteiger partial charge in [-0.05, 0) is 18.2 Å². The van der Waals surface area contributed by atoms with Crippen molar-refractivity contribution >= 4 is 5.97 Å². The zero-order chi connectivity index (χ0) is 15.7. The number of halogens is 6. The largest absolute Gasteiger partial charge is 0.416 e. The van der Waals surface area contributed by atoms with Crippen LogP contribution in [0.25, 0.3) is 0 Å². The van der Waals surface area contributed by atoms with Gasteiger partial charge in [0.15, 0.2) is 0 Å². The minimum Gasteiger partial charge on any atom is -0.416 e. The normalized spacial score (nSPS) is 10.6. The van der Waals surface area contributed by atoms with E-state index in [1.807, 2.05) is 0 Å². The smallest absolute Gasteiger partial charge is 0.343 e. The highest BCUT2D eigenvalue weighted by Gasteiger charge is 2.28. The first-order valence-electron chi connectivity index (χ1n) is 5.32. The van der Waals surface area contributed by atoms with E-state index in [1.54, 1.807) is 0 Å². The van der Waals surface area contributed by atoms with Gasteiger partial charge >= 0.3 is 5.97 Å². The molecule has 0 aliphatic rings. The van der Waals surface area contributed by atoms with Crippen LogP contribution in [0.15, 0.2) is 24.3 Å². The monoisotopic (exact) mass is 306 g/mol. The molecule has 0 saturated carbocycles. The molecule has 0 N–H and O–H groups in total. The van der Waals surface area contributed by atoms with Crippen LogP contribution < -0.4 is 4.74 Å². The van der Waals surface area contributed by atoms with E-state index in [0.717, 1.165) is 18.2 Å². The van der Waals surface area contributed by atoms with Gasteiger partial charge in [-0.2, -0.15) is 8.78 Å². The molecule has 2 aromatic carbocycles. The molecular formula is C13H4F6O2. The van der Waals surface area contributed by atoms with Gasteiger partial charge in [0.25, 0.3) is 0 Å². The molecule has 2 rings (SSSR count). The van der Waals surface area contributed by atoms with Crippen LogP contribution in [0.2, 0.25) is 0 Å². The Hall–Kier alpha value is -2.51. The highest BCUT2D eigenvalue weighted by Crippen LogP contribution is 2.29. The van der Waals surface area contributed by atoms with Crippen molar-refractivity contribution < 1.29 is 35.9 Å². The lowest BCUT2D eigenvalue weighted by molar-refractivity contribution is 0.0715. The first-order chi connectivity index (χ1) is 9.82. The van der Waals surface area contributed by atoms with E-state index in [0.29, 0.717) is 6.07 Å². The predicted octanol–water partition coefficient (Wildman–Crippen LogP) is 3.74. The highest BCUT2D eigenvalue weighted by molar-refractivity contribution is 5.91. The fourth-order valence-electron chi connectivity index (χ4n) is 1.44. The predicted molar refractivity (Wildman–Crippen MR) is 57.6 cm³/mol. The maximum Gasteiger partial charge on any atom is 0.343 e. The van der Waals surface area contributed by atoms with Crippen LogP contribution in [0.1, 0.15) is 10.4 Å². The van der Waals surface area contributed by atoms with E-state index in [-0.39, 0.29) is 0 Å². The van der Waals surface area contributed by atoms with Crippen molar-refractivity contribution in [1.82, 2.24) is 0 Å². The molecule has 0 radical (unpaired) electrons. The van der Waals surface area contributed by atoms with Gasteiger partial charge in [0, 0.05) is 0 Å². The zero-order valence-corrected chi connectivity index (χ0v) is 9.89. The van der Waals surface area contributed by atoms with Crippen molar-refractivity contribution in [1.29, 1.82) is 0 Å². The standard InChI is InChI=1S/C13H4F6O2/c14-6-3-1-2-5(4-6)13(20)21-12-10(18)8(16)7(15)9(17)11(12)19/h1-4H. The van der Waals surface area contributed by atoms with Crippen molar-refractivity contribution in [2.75, 3.05) is 0 Å². The summed E-state index contributed by atoms with van der Waals surface area (Å²) in [6.45, 7) is 0. The van der Waals surface area contributed by atoms with Crippen LogP contribution in [-0.2, 0) is 0 Å². The van der Waals surface area contributed by atoms with E-state index in [4.69, 9.17) is 0 Å². The molecule has 0 aliphatic carbocycles. The van der Waals surface area contributed by atoms with Crippen molar-refractivity contribution in [2.24, 2.45) is 0 Å². The Labute approximate surface area is 113 Å². The number of benzene rings is 2. The summed E-state index contributed by atoms with van der Waals surface area (Å²) >= 11 is 0. The van der Waals surface area contributed by atoms with Crippen molar-refractivity contribution in [2.45, 2.75) is 0 Å². The first-order valence-corrected chi connectivity index (χ1v) is 5.32. The van der Waals surface area contributed by atoms with Crippen LogP contribution >= 0.6 is 0 Å². The van der Waals surface area contributed by atoms with Gasteiger partial charge < -0.3 is 4.74 Å². The fraction of sp³-hybridized carbons (Fsp3) is 0. The van der Waals surface area contributed by atoms with Crippen LogP contribution in [0.4, 0.5) is 26.3 Å². The third-order valence-electron chi connectivity index (χ3n) is 2.42. The van der Waals surface area contributed by atoms with Gasteiger partial charge in [-0.3, -0.25) is 0 Å². The van der Waals surface area contributed by atoms with E-state index < -0.39 is 52.2 Å². The van der Waals surface area contributed by atoms with Gasteiger partial charge in [0.1, 0.15) is 5.82 Å². The number of carbonyl (C=O) groups is 1. The Morgan fingerprint density at radius 3 is 1.86 bits per heavy atom. The lowest BCUT2D eigenvalue weighted by Crippen LogP contribution is -2.13. The molecule has 0 fully saturated rings. The number of esters is 1. The summed E-state index contributed by atoms with van der Waals surface area (Å²) in [5.74, 6) is -15.5. The minimum atomic E-state index is -2.38. The fourth-order valence-corrected chi connectivity index (χ4v) is 1.44. The van der Waals surface area contributed by atoms with Crippen LogP contribution in [0.3, 0.4) is 0 Å². The van der Waals surface area contributed by atoms with E-state index in [2.05, 4.69) is 4.74 Å². The third-order valence-corrected chi connectivity index (χ3v) is 2.42. The molecule has 2 nitrogen and oxygen atoms in total. The molecule has 0 atom stereocenters. The van der Waals surface area contributed by atoms with E-state index in [9.17, 15) is 31.1 Å². The third kappa shape index (κ3) is 2.69. The Bertz CT molecular complexity index is 700. The van der Waals surface area contributed by atoms with Crippen LogP contribution in [0, 0.1) is 34.9 Å². The Kier molecular flexibility index (Phi) is 3.88. The summed E-state index contributed by atoms with van der Waals surface area (Å²) in [4.78, 5) is 11.5.